The molecule has 3 fully saturated rings. The van der Waals surface area contributed by atoms with Gasteiger partial charge in [0.1, 0.15) is 5.75 Å². The zero-order valence-corrected chi connectivity index (χ0v) is 12.1. The standard InChI is InChI=1S/C11H17FO5S2/c12-18(13,14)7-10-11(3-4-17-10)5-8-1-2-9(6-11)19(8,15)16/h8-10H,1-7H2. The van der Waals surface area contributed by atoms with E-state index >= 15 is 0 Å². The molecule has 0 aliphatic carbocycles. The molecule has 19 heavy (non-hydrogen) atoms. The number of hydrogen-bond acceptors (Lipinski definition) is 5. The van der Waals surface area contributed by atoms with E-state index in [1.807, 2.05) is 0 Å². The van der Waals surface area contributed by atoms with Crippen molar-refractivity contribution in [2.75, 3.05) is 12.4 Å². The highest BCUT2D eigenvalue weighted by Crippen LogP contribution is 2.54. The molecule has 8 heteroatoms. The maximum atomic E-state index is 12.9. The molecule has 3 aliphatic rings. The molecule has 0 aromatic heterocycles. The van der Waals surface area contributed by atoms with Crippen molar-refractivity contribution in [3.05, 3.63) is 0 Å². The van der Waals surface area contributed by atoms with Gasteiger partial charge in [0.25, 0.3) is 0 Å². The number of halogens is 1. The molecule has 3 atom stereocenters. The third kappa shape index (κ3) is 2.21. The predicted molar refractivity (Wildman–Crippen MR) is 66.6 cm³/mol. The van der Waals surface area contributed by atoms with Gasteiger partial charge in [0.15, 0.2) is 9.84 Å². The molecule has 3 saturated heterocycles. The van der Waals surface area contributed by atoms with Crippen LogP contribution in [0, 0.1) is 5.41 Å². The lowest BCUT2D eigenvalue weighted by atomic mass is 9.74. The minimum atomic E-state index is -4.60. The molecule has 3 heterocycles. The molecular weight excluding hydrogens is 295 g/mol. The SMILES string of the molecule is O=S(=O)(F)CC1OCCC12CC1CCC(C2)S1(=O)=O. The van der Waals surface area contributed by atoms with Gasteiger partial charge in [-0.15, -0.1) is 3.89 Å². The van der Waals surface area contributed by atoms with Crippen molar-refractivity contribution in [2.24, 2.45) is 5.41 Å². The van der Waals surface area contributed by atoms with E-state index in [0.29, 0.717) is 38.7 Å². The largest absolute Gasteiger partial charge is 0.376 e. The number of sulfone groups is 1. The van der Waals surface area contributed by atoms with E-state index in [9.17, 15) is 20.7 Å². The Hall–Kier alpha value is -0.210. The van der Waals surface area contributed by atoms with Crippen molar-refractivity contribution in [1.29, 1.82) is 0 Å². The topological polar surface area (TPSA) is 77.5 Å². The van der Waals surface area contributed by atoms with Crippen LogP contribution in [0.25, 0.3) is 0 Å². The zero-order valence-electron chi connectivity index (χ0n) is 10.4. The highest BCUT2D eigenvalue weighted by atomic mass is 32.3. The molecule has 0 aromatic rings. The van der Waals surface area contributed by atoms with E-state index in [1.165, 1.54) is 0 Å². The van der Waals surface area contributed by atoms with Crippen LogP contribution in [0.3, 0.4) is 0 Å². The summed E-state index contributed by atoms with van der Waals surface area (Å²) in [4.78, 5) is 0. The van der Waals surface area contributed by atoms with Gasteiger partial charge in [-0.05, 0) is 32.1 Å². The highest BCUT2D eigenvalue weighted by Gasteiger charge is 2.58. The van der Waals surface area contributed by atoms with Crippen molar-refractivity contribution < 1.29 is 25.5 Å². The first-order valence-electron chi connectivity index (χ1n) is 6.50. The molecule has 3 aliphatic heterocycles. The Morgan fingerprint density at radius 1 is 1.21 bits per heavy atom. The molecule has 0 radical (unpaired) electrons. The Kier molecular flexibility index (Phi) is 3.00. The molecule has 3 unspecified atom stereocenters. The van der Waals surface area contributed by atoms with Crippen LogP contribution in [0.4, 0.5) is 3.89 Å². The van der Waals surface area contributed by atoms with Crippen molar-refractivity contribution >= 4 is 20.1 Å². The average Bonchev–Trinajstić information content (AvgIpc) is 2.66. The summed E-state index contributed by atoms with van der Waals surface area (Å²) in [6, 6.07) is 0. The van der Waals surface area contributed by atoms with Crippen LogP contribution in [-0.4, -0.2) is 45.8 Å². The first kappa shape index (κ1) is 13.8. The van der Waals surface area contributed by atoms with E-state index in [1.54, 1.807) is 0 Å². The van der Waals surface area contributed by atoms with Gasteiger partial charge >= 0.3 is 10.2 Å². The Morgan fingerprint density at radius 2 is 1.79 bits per heavy atom. The van der Waals surface area contributed by atoms with Crippen LogP contribution >= 0.6 is 0 Å². The average molecular weight is 312 g/mol. The molecule has 3 rings (SSSR count). The Morgan fingerprint density at radius 3 is 2.32 bits per heavy atom. The second-order valence-electron chi connectivity index (χ2n) is 6.00. The molecule has 110 valence electrons. The fourth-order valence-electron chi connectivity index (χ4n) is 4.01. The minimum absolute atomic E-state index is 0.389. The minimum Gasteiger partial charge on any atom is -0.376 e. The summed E-state index contributed by atoms with van der Waals surface area (Å²) in [5, 5.41) is -0.782. The summed E-state index contributed by atoms with van der Waals surface area (Å²) in [7, 11) is -7.66. The van der Waals surface area contributed by atoms with E-state index in [-0.39, 0.29) is 0 Å². The van der Waals surface area contributed by atoms with Crippen molar-refractivity contribution in [1.82, 2.24) is 0 Å². The van der Waals surface area contributed by atoms with Gasteiger partial charge in [-0.25, -0.2) is 8.42 Å². The van der Waals surface area contributed by atoms with E-state index in [4.69, 9.17) is 4.74 Å². The summed E-state index contributed by atoms with van der Waals surface area (Å²) < 4.78 is 64.2. The lowest BCUT2D eigenvalue weighted by Gasteiger charge is -2.40. The smallest absolute Gasteiger partial charge is 0.304 e. The molecule has 0 amide bonds. The Labute approximate surface area is 112 Å². The molecule has 5 nitrogen and oxygen atoms in total. The number of rotatable bonds is 2. The zero-order chi connectivity index (χ0) is 13.9. The van der Waals surface area contributed by atoms with Crippen LogP contribution in [0.2, 0.25) is 0 Å². The third-order valence-corrected chi connectivity index (χ3v) is 8.32. The highest BCUT2D eigenvalue weighted by molar-refractivity contribution is 7.93. The van der Waals surface area contributed by atoms with Gasteiger partial charge in [-0.2, -0.15) is 8.42 Å². The van der Waals surface area contributed by atoms with Crippen molar-refractivity contribution in [2.45, 2.75) is 48.7 Å². The van der Waals surface area contributed by atoms with E-state index in [2.05, 4.69) is 0 Å². The Bertz CT molecular complexity index is 562. The third-order valence-electron chi connectivity index (χ3n) is 4.96. The first-order chi connectivity index (χ1) is 8.73. The fraction of sp³-hybridized carbons (Fsp3) is 1.00. The molecule has 0 aromatic carbocycles. The maximum Gasteiger partial charge on any atom is 0.304 e. The van der Waals surface area contributed by atoms with Gasteiger partial charge in [-0.3, -0.25) is 0 Å². The number of fused-ring (bicyclic) bond motifs is 2. The van der Waals surface area contributed by atoms with Crippen molar-refractivity contribution in [3.63, 3.8) is 0 Å². The summed E-state index contributed by atoms with van der Waals surface area (Å²) in [6.07, 6.45) is 2.07. The lowest BCUT2D eigenvalue weighted by Crippen LogP contribution is -2.46. The molecule has 0 saturated carbocycles. The van der Waals surface area contributed by atoms with Gasteiger partial charge in [0.05, 0.1) is 16.6 Å². The predicted octanol–water partition coefficient (Wildman–Crippen LogP) is 0.801. The van der Waals surface area contributed by atoms with Gasteiger partial charge in [-0.1, -0.05) is 0 Å². The van der Waals surface area contributed by atoms with Gasteiger partial charge in [0.2, 0.25) is 0 Å². The van der Waals surface area contributed by atoms with Gasteiger partial charge < -0.3 is 4.74 Å². The normalized spacial score (nSPS) is 44.8. The summed E-state index contributed by atoms with van der Waals surface area (Å²) in [6.45, 7) is 0.389. The lowest BCUT2D eigenvalue weighted by molar-refractivity contribution is 0.0550. The summed E-state index contributed by atoms with van der Waals surface area (Å²) in [5.74, 6) is -0.646. The second kappa shape index (κ2) is 4.14. The van der Waals surface area contributed by atoms with Gasteiger partial charge in [0, 0.05) is 12.0 Å². The summed E-state index contributed by atoms with van der Waals surface area (Å²) in [5.41, 5.74) is -0.462. The molecule has 2 bridgehead atoms. The number of ether oxygens (including phenoxy) is 1. The molecule has 1 spiro atoms. The van der Waals surface area contributed by atoms with E-state index in [0.717, 1.165) is 0 Å². The first-order valence-corrected chi connectivity index (χ1v) is 9.66. The van der Waals surface area contributed by atoms with Crippen LogP contribution in [-0.2, 0) is 24.8 Å². The van der Waals surface area contributed by atoms with Crippen LogP contribution in [0.5, 0.6) is 0 Å². The maximum absolute atomic E-state index is 12.9. The van der Waals surface area contributed by atoms with Crippen LogP contribution < -0.4 is 0 Å². The molecular formula is C11H17FO5S2. The van der Waals surface area contributed by atoms with Crippen LogP contribution in [0.15, 0.2) is 0 Å². The van der Waals surface area contributed by atoms with E-state index < -0.39 is 47.8 Å². The second-order valence-corrected chi connectivity index (χ2v) is 9.92. The quantitative estimate of drug-likeness (QED) is 0.705. The summed E-state index contributed by atoms with van der Waals surface area (Å²) >= 11 is 0. The molecule has 0 N–H and O–H groups in total. The Balaban J connectivity index is 1.89. The number of hydrogen-bond donors (Lipinski definition) is 0. The fourth-order valence-corrected chi connectivity index (χ4v) is 7.43. The van der Waals surface area contributed by atoms with Crippen molar-refractivity contribution in [3.8, 4) is 0 Å². The monoisotopic (exact) mass is 312 g/mol. The van der Waals surface area contributed by atoms with Crippen LogP contribution in [0.1, 0.15) is 32.1 Å².